The highest BCUT2D eigenvalue weighted by Crippen LogP contribution is 2.10. The second-order valence-electron chi connectivity index (χ2n) is 7.54. The highest BCUT2D eigenvalue weighted by atomic mass is 16.5. The fourth-order valence-electron chi connectivity index (χ4n) is 3.71. The molecule has 0 spiro atoms. The largest absolute Gasteiger partial charge is 0.462 e. The minimum absolute atomic E-state index is 0.225. The lowest BCUT2D eigenvalue weighted by Crippen LogP contribution is -2.39. The molecule has 0 unspecified atom stereocenters. The number of benzene rings is 2. The maximum Gasteiger partial charge on any atom is 0.338 e. The quantitative estimate of drug-likeness (QED) is 0.474. The van der Waals surface area contributed by atoms with Crippen LogP contribution in [0, 0.1) is 0 Å². The van der Waals surface area contributed by atoms with Gasteiger partial charge in [-0.2, -0.15) is 0 Å². The van der Waals surface area contributed by atoms with Gasteiger partial charge in [0.25, 0.3) is 0 Å². The van der Waals surface area contributed by atoms with E-state index in [0.29, 0.717) is 18.2 Å². The number of nitrogens with one attached hydrogen (secondary N) is 1. The van der Waals surface area contributed by atoms with Crippen molar-refractivity contribution >= 4 is 5.97 Å². The highest BCUT2D eigenvalue weighted by molar-refractivity contribution is 5.89. The fourth-order valence-corrected chi connectivity index (χ4v) is 3.71. The molecule has 1 aliphatic rings. The van der Waals surface area contributed by atoms with Crippen molar-refractivity contribution in [3.8, 4) is 0 Å². The summed E-state index contributed by atoms with van der Waals surface area (Å²) in [6.07, 6.45) is 5.59. The van der Waals surface area contributed by atoms with Crippen molar-refractivity contribution in [2.24, 2.45) is 0 Å². The number of esters is 1. The summed E-state index contributed by atoms with van der Waals surface area (Å²) in [6, 6.07) is 20.5. The minimum atomic E-state index is -0.225. The molecule has 0 bridgehead atoms. The maximum absolute atomic E-state index is 12.0. The molecule has 0 aliphatic carbocycles. The molecule has 0 aromatic heterocycles. The molecule has 0 saturated carbocycles. The molecular formula is C24H32N2O2. The van der Waals surface area contributed by atoms with E-state index in [4.69, 9.17) is 4.74 Å². The first-order valence-electron chi connectivity index (χ1n) is 10.5. The Morgan fingerprint density at radius 2 is 1.75 bits per heavy atom. The minimum Gasteiger partial charge on any atom is -0.462 e. The first kappa shape index (κ1) is 20.6. The van der Waals surface area contributed by atoms with E-state index in [9.17, 15) is 4.79 Å². The number of hydrogen-bond acceptors (Lipinski definition) is 4. The summed E-state index contributed by atoms with van der Waals surface area (Å²) in [7, 11) is 0. The summed E-state index contributed by atoms with van der Waals surface area (Å²) in [6.45, 7) is 4.87. The average molecular weight is 381 g/mol. The predicted octanol–water partition coefficient (Wildman–Crippen LogP) is 3.92. The Hall–Kier alpha value is -2.17. The van der Waals surface area contributed by atoms with Gasteiger partial charge in [0.1, 0.15) is 0 Å². The van der Waals surface area contributed by atoms with Gasteiger partial charge in [0, 0.05) is 19.1 Å². The van der Waals surface area contributed by atoms with Gasteiger partial charge in [-0.3, -0.25) is 0 Å². The zero-order chi connectivity index (χ0) is 19.4. The van der Waals surface area contributed by atoms with Crippen molar-refractivity contribution in [1.29, 1.82) is 0 Å². The van der Waals surface area contributed by atoms with Crippen LogP contribution in [0.1, 0.15) is 41.6 Å². The Labute approximate surface area is 168 Å². The van der Waals surface area contributed by atoms with Crippen LogP contribution >= 0.6 is 0 Å². The second-order valence-corrected chi connectivity index (χ2v) is 7.54. The molecule has 1 saturated heterocycles. The van der Waals surface area contributed by atoms with E-state index in [1.807, 2.05) is 18.2 Å². The molecule has 3 rings (SSSR count). The number of unbranched alkanes of at least 4 members (excludes halogenated alkanes) is 1. The molecule has 1 heterocycles. The monoisotopic (exact) mass is 380 g/mol. The van der Waals surface area contributed by atoms with Gasteiger partial charge in [-0.05, 0) is 62.9 Å². The Morgan fingerprint density at radius 1 is 1.00 bits per heavy atom. The number of ether oxygens (including phenoxy) is 1. The molecule has 0 radical (unpaired) electrons. The van der Waals surface area contributed by atoms with Gasteiger partial charge in [0.05, 0.1) is 12.2 Å². The van der Waals surface area contributed by atoms with Gasteiger partial charge in [0.15, 0.2) is 0 Å². The zero-order valence-corrected chi connectivity index (χ0v) is 16.7. The number of rotatable bonds is 11. The zero-order valence-electron chi connectivity index (χ0n) is 16.7. The van der Waals surface area contributed by atoms with E-state index in [-0.39, 0.29) is 5.97 Å². The lowest BCUT2D eigenvalue weighted by atomic mass is 10.1. The van der Waals surface area contributed by atoms with Gasteiger partial charge < -0.3 is 15.0 Å². The third-order valence-corrected chi connectivity index (χ3v) is 5.31. The van der Waals surface area contributed by atoms with Crippen LogP contribution in [0.4, 0.5) is 0 Å². The number of hydrogen-bond donors (Lipinski definition) is 1. The molecule has 1 fully saturated rings. The number of carbonyl (C=O) groups is 1. The SMILES string of the molecule is O=C(OCCCCN(CCc1ccccc1)C[C@@H]1CCCN1)c1ccccc1. The molecule has 150 valence electrons. The first-order chi connectivity index (χ1) is 13.8. The third-order valence-electron chi connectivity index (χ3n) is 5.31. The normalized spacial score (nSPS) is 16.4. The van der Waals surface area contributed by atoms with E-state index < -0.39 is 0 Å². The molecule has 1 N–H and O–H groups in total. The maximum atomic E-state index is 12.0. The standard InChI is InChI=1S/C24H32N2O2/c27-24(22-12-5-2-6-13-22)28-19-8-7-17-26(20-23-14-9-16-25-23)18-15-21-10-3-1-4-11-21/h1-6,10-13,23,25H,7-9,14-20H2/t23-/m0/s1. The summed E-state index contributed by atoms with van der Waals surface area (Å²) < 4.78 is 5.40. The number of carbonyl (C=O) groups excluding carboxylic acids is 1. The van der Waals surface area contributed by atoms with Crippen LogP contribution in [0.2, 0.25) is 0 Å². The molecular weight excluding hydrogens is 348 g/mol. The molecule has 4 heteroatoms. The van der Waals surface area contributed by atoms with Crippen LogP contribution < -0.4 is 5.32 Å². The van der Waals surface area contributed by atoms with Gasteiger partial charge in [-0.25, -0.2) is 4.79 Å². The van der Waals surface area contributed by atoms with Crippen molar-refractivity contribution in [3.05, 3.63) is 71.8 Å². The van der Waals surface area contributed by atoms with Crippen LogP contribution in [0.25, 0.3) is 0 Å². The van der Waals surface area contributed by atoms with E-state index in [1.165, 1.54) is 18.4 Å². The van der Waals surface area contributed by atoms with E-state index in [0.717, 1.165) is 45.4 Å². The number of nitrogens with zero attached hydrogens (tertiary/aromatic N) is 1. The molecule has 28 heavy (non-hydrogen) atoms. The van der Waals surface area contributed by atoms with Gasteiger partial charge in [0.2, 0.25) is 0 Å². The van der Waals surface area contributed by atoms with Crippen LogP contribution in [0.3, 0.4) is 0 Å². The highest BCUT2D eigenvalue weighted by Gasteiger charge is 2.17. The molecule has 2 aromatic rings. The van der Waals surface area contributed by atoms with E-state index >= 15 is 0 Å². The summed E-state index contributed by atoms with van der Waals surface area (Å²) in [5, 5.41) is 3.61. The topological polar surface area (TPSA) is 41.6 Å². The lowest BCUT2D eigenvalue weighted by molar-refractivity contribution is 0.0495. The summed E-state index contributed by atoms with van der Waals surface area (Å²) in [4.78, 5) is 14.6. The Balaban J connectivity index is 1.38. The molecule has 1 atom stereocenters. The molecule has 4 nitrogen and oxygen atoms in total. The van der Waals surface area contributed by atoms with Crippen molar-refractivity contribution in [3.63, 3.8) is 0 Å². The van der Waals surface area contributed by atoms with Gasteiger partial charge in [-0.15, -0.1) is 0 Å². The van der Waals surface area contributed by atoms with Crippen LogP contribution in [0.15, 0.2) is 60.7 Å². The fraction of sp³-hybridized carbons (Fsp3) is 0.458. The van der Waals surface area contributed by atoms with Crippen molar-refractivity contribution in [2.45, 2.75) is 38.1 Å². The first-order valence-corrected chi connectivity index (χ1v) is 10.5. The Morgan fingerprint density at radius 3 is 2.46 bits per heavy atom. The summed E-state index contributed by atoms with van der Waals surface area (Å²) in [5.41, 5.74) is 2.02. The third kappa shape index (κ3) is 7.10. The van der Waals surface area contributed by atoms with Crippen LogP contribution in [-0.4, -0.2) is 49.7 Å². The van der Waals surface area contributed by atoms with Crippen molar-refractivity contribution < 1.29 is 9.53 Å². The average Bonchev–Trinajstić information content (AvgIpc) is 3.26. The van der Waals surface area contributed by atoms with Crippen LogP contribution in [-0.2, 0) is 11.2 Å². The van der Waals surface area contributed by atoms with Crippen molar-refractivity contribution in [2.75, 3.05) is 32.8 Å². The van der Waals surface area contributed by atoms with E-state index in [1.54, 1.807) is 12.1 Å². The van der Waals surface area contributed by atoms with Crippen LogP contribution in [0.5, 0.6) is 0 Å². The van der Waals surface area contributed by atoms with E-state index in [2.05, 4.69) is 40.5 Å². The molecule has 2 aromatic carbocycles. The molecule has 1 aliphatic heterocycles. The van der Waals surface area contributed by atoms with Gasteiger partial charge >= 0.3 is 5.97 Å². The Bertz CT molecular complexity index is 684. The Kier molecular flexibility index (Phi) is 8.54. The summed E-state index contributed by atoms with van der Waals surface area (Å²) in [5.74, 6) is -0.225. The molecule has 0 amide bonds. The van der Waals surface area contributed by atoms with Gasteiger partial charge in [-0.1, -0.05) is 48.5 Å². The second kappa shape index (κ2) is 11.6. The smallest absolute Gasteiger partial charge is 0.338 e. The van der Waals surface area contributed by atoms with Crippen molar-refractivity contribution in [1.82, 2.24) is 10.2 Å². The summed E-state index contributed by atoms with van der Waals surface area (Å²) >= 11 is 0. The lowest BCUT2D eigenvalue weighted by Gasteiger charge is -2.25. The predicted molar refractivity (Wildman–Crippen MR) is 114 cm³/mol.